The number of rotatable bonds is 4. The number of halogens is 1. The van der Waals surface area contributed by atoms with Crippen molar-refractivity contribution in [2.45, 2.75) is 20.3 Å². The van der Waals surface area contributed by atoms with Gasteiger partial charge in [0, 0.05) is 17.8 Å². The number of para-hydroxylation sites is 1. The van der Waals surface area contributed by atoms with Crippen LogP contribution in [0.2, 0.25) is 5.02 Å². The van der Waals surface area contributed by atoms with Crippen LogP contribution in [-0.4, -0.2) is 11.5 Å². The normalized spacial score (nSPS) is 10.5. The van der Waals surface area contributed by atoms with E-state index in [-0.39, 0.29) is 0 Å². The zero-order valence-corrected chi connectivity index (χ0v) is 11.5. The van der Waals surface area contributed by atoms with E-state index in [2.05, 4.69) is 24.1 Å². The third kappa shape index (κ3) is 3.20. The van der Waals surface area contributed by atoms with Gasteiger partial charge in [-0.1, -0.05) is 23.7 Å². The lowest BCUT2D eigenvalue weighted by Gasteiger charge is -2.06. The van der Waals surface area contributed by atoms with E-state index >= 15 is 0 Å². The number of benzene rings is 1. The number of nitrogens with zero attached hydrogens (tertiary/aromatic N) is 1. The molecule has 0 spiro atoms. The fourth-order valence-electron chi connectivity index (χ4n) is 1.55. The van der Waals surface area contributed by atoms with Crippen LogP contribution in [0.15, 0.2) is 24.3 Å². The summed E-state index contributed by atoms with van der Waals surface area (Å²) < 4.78 is 0. The third-order valence-corrected chi connectivity index (χ3v) is 4.06. The van der Waals surface area contributed by atoms with E-state index in [1.54, 1.807) is 11.3 Å². The molecule has 90 valence electrons. The molecule has 2 aromatic rings. The topological polar surface area (TPSA) is 24.9 Å². The number of anilines is 1. The summed E-state index contributed by atoms with van der Waals surface area (Å²) in [5, 5.41) is 5.27. The van der Waals surface area contributed by atoms with Crippen LogP contribution in [-0.2, 0) is 6.42 Å². The van der Waals surface area contributed by atoms with E-state index < -0.39 is 0 Å². The summed E-state index contributed by atoms with van der Waals surface area (Å²) >= 11 is 7.83. The molecule has 0 fully saturated rings. The highest BCUT2D eigenvalue weighted by Crippen LogP contribution is 2.21. The molecule has 0 amide bonds. The van der Waals surface area contributed by atoms with E-state index in [0.717, 1.165) is 29.4 Å². The van der Waals surface area contributed by atoms with E-state index in [1.807, 2.05) is 24.3 Å². The van der Waals surface area contributed by atoms with Gasteiger partial charge in [-0.2, -0.15) is 0 Å². The first-order valence-corrected chi connectivity index (χ1v) is 6.77. The van der Waals surface area contributed by atoms with Gasteiger partial charge in [-0.3, -0.25) is 0 Å². The molecule has 1 aromatic heterocycles. The Balaban J connectivity index is 1.90. The van der Waals surface area contributed by atoms with Gasteiger partial charge in [0.1, 0.15) is 0 Å². The monoisotopic (exact) mass is 266 g/mol. The number of thiazole rings is 1. The second-order valence-corrected chi connectivity index (χ2v) is 5.60. The van der Waals surface area contributed by atoms with Gasteiger partial charge in [0.25, 0.3) is 0 Å². The predicted octanol–water partition coefficient (Wildman–Crippen LogP) is 4.07. The van der Waals surface area contributed by atoms with Gasteiger partial charge in [-0.15, -0.1) is 11.3 Å². The lowest BCUT2D eigenvalue weighted by Crippen LogP contribution is -2.04. The zero-order valence-electron chi connectivity index (χ0n) is 9.96. The van der Waals surface area contributed by atoms with Gasteiger partial charge < -0.3 is 5.32 Å². The van der Waals surface area contributed by atoms with Crippen LogP contribution in [0.5, 0.6) is 0 Å². The average molecular weight is 267 g/mol. The van der Waals surface area contributed by atoms with Gasteiger partial charge in [-0.05, 0) is 26.0 Å². The maximum Gasteiger partial charge on any atom is 0.0948 e. The molecule has 0 aliphatic carbocycles. The molecular weight excluding hydrogens is 252 g/mol. The minimum atomic E-state index is 0.763. The number of aryl methyl sites for hydroxylation is 2. The van der Waals surface area contributed by atoms with E-state index in [9.17, 15) is 0 Å². The molecule has 1 aromatic carbocycles. The Morgan fingerprint density at radius 1 is 1.29 bits per heavy atom. The van der Waals surface area contributed by atoms with Crippen LogP contribution in [0, 0.1) is 13.8 Å². The van der Waals surface area contributed by atoms with Crippen molar-refractivity contribution in [1.82, 2.24) is 4.98 Å². The molecule has 1 heterocycles. The second-order valence-electron chi connectivity index (χ2n) is 3.91. The maximum absolute atomic E-state index is 6.06. The molecule has 0 saturated carbocycles. The summed E-state index contributed by atoms with van der Waals surface area (Å²) in [7, 11) is 0. The van der Waals surface area contributed by atoms with Gasteiger partial charge in [0.15, 0.2) is 0 Å². The van der Waals surface area contributed by atoms with Crippen molar-refractivity contribution in [3.8, 4) is 0 Å². The minimum absolute atomic E-state index is 0.763. The molecule has 0 radical (unpaired) electrons. The number of nitrogens with one attached hydrogen (secondary N) is 1. The highest BCUT2D eigenvalue weighted by atomic mass is 35.5. The zero-order chi connectivity index (χ0) is 12.3. The fraction of sp³-hybridized carbons (Fsp3) is 0.308. The van der Waals surface area contributed by atoms with Crippen LogP contribution in [0.4, 0.5) is 5.69 Å². The summed E-state index contributed by atoms with van der Waals surface area (Å²) in [6, 6.07) is 7.79. The van der Waals surface area contributed by atoms with Crippen LogP contribution in [0.25, 0.3) is 0 Å². The smallest absolute Gasteiger partial charge is 0.0948 e. The van der Waals surface area contributed by atoms with Crippen LogP contribution in [0.1, 0.15) is 15.6 Å². The number of aromatic nitrogens is 1. The average Bonchev–Trinajstić information content (AvgIpc) is 2.61. The highest BCUT2D eigenvalue weighted by molar-refractivity contribution is 7.11. The highest BCUT2D eigenvalue weighted by Gasteiger charge is 2.03. The third-order valence-electron chi connectivity index (χ3n) is 2.60. The Morgan fingerprint density at radius 2 is 2.06 bits per heavy atom. The van der Waals surface area contributed by atoms with Gasteiger partial charge in [0.2, 0.25) is 0 Å². The molecular formula is C13H15ClN2S. The molecule has 0 aliphatic heterocycles. The van der Waals surface area contributed by atoms with E-state index in [1.165, 1.54) is 9.88 Å². The molecule has 2 nitrogen and oxygen atoms in total. The summed E-state index contributed by atoms with van der Waals surface area (Å²) in [6.07, 6.45) is 0.935. The standard InChI is InChI=1S/C13H15ClN2S/c1-9-10(2)17-13(16-9)7-8-15-12-6-4-3-5-11(12)14/h3-6,15H,7-8H2,1-2H3. The Labute approximate surface area is 111 Å². The fourth-order valence-corrected chi connectivity index (χ4v) is 2.69. The largest absolute Gasteiger partial charge is 0.383 e. The van der Waals surface area contributed by atoms with Gasteiger partial charge in [-0.25, -0.2) is 4.98 Å². The second kappa shape index (κ2) is 5.52. The van der Waals surface area contributed by atoms with Crippen molar-refractivity contribution in [2.75, 3.05) is 11.9 Å². The molecule has 1 N–H and O–H groups in total. The Kier molecular flexibility index (Phi) is 4.02. The lowest BCUT2D eigenvalue weighted by molar-refractivity contribution is 0.985. The maximum atomic E-state index is 6.06. The molecule has 0 bridgehead atoms. The molecule has 4 heteroatoms. The first-order chi connectivity index (χ1) is 8.16. The Morgan fingerprint density at radius 3 is 2.71 bits per heavy atom. The summed E-state index contributed by atoms with van der Waals surface area (Å²) in [4.78, 5) is 5.81. The summed E-state index contributed by atoms with van der Waals surface area (Å²) in [5.41, 5.74) is 2.13. The van der Waals surface area contributed by atoms with Gasteiger partial charge in [0.05, 0.1) is 21.4 Å². The van der Waals surface area contributed by atoms with Crippen LogP contribution < -0.4 is 5.32 Å². The van der Waals surface area contributed by atoms with Crippen molar-refractivity contribution in [1.29, 1.82) is 0 Å². The van der Waals surface area contributed by atoms with Crippen LogP contribution in [0.3, 0.4) is 0 Å². The molecule has 0 aliphatic rings. The first kappa shape index (κ1) is 12.4. The SMILES string of the molecule is Cc1nc(CCNc2ccccc2Cl)sc1C. The summed E-state index contributed by atoms with van der Waals surface area (Å²) in [5.74, 6) is 0. The molecule has 17 heavy (non-hydrogen) atoms. The Hall–Kier alpha value is -1.06. The molecule has 0 unspecified atom stereocenters. The minimum Gasteiger partial charge on any atom is -0.383 e. The van der Waals surface area contributed by atoms with Crippen molar-refractivity contribution in [2.24, 2.45) is 0 Å². The van der Waals surface area contributed by atoms with E-state index in [0.29, 0.717) is 0 Å². The molecule has 0 saturated heterocycles. The van der Waals surface area contributed by atoms with Crippen molar-refractivity contribution in [3.05, 3.63) is 44.9 Å². The quantitative estimate of drug-likeness (QED) is 0.902. The Bertz CT molecular complexity index is 488. The van der Waals surface area contributed by atoms with Gasteiger partial charge >= 0.3 is 0 Å². The van der Waals surface area contributed by atoms with Crippen molar-refractivity contribution < 1.29 is 0 Å². The van der Waals surface area contributed by atoms with E-state index in [4.69, 9.17) is 11.6 Å². The lowest BCUT2D eigenvalue weighted by atomic mass is 10.3. The predicted molar refractivity (Wildman–Crippen MR) is 75.2 cm³/mol. The first-order valence-electron chi connectivity index (χ1n) is 5.58. The molecule has 2 rings (SSSR count). The van der Waals surface area contributed by atoms with Crippen LogP contribution >= 0.6 is 22.9 Å². The number of hydrogen-bond donors (Lipinski definition) is 1. The van der Waals surface area contributed by atoms with Crippen molar-refractivity contribution in [3.63, 3.8) is 0 Å². The molecule has 0 atom stereocenters. The van der Waals surface area contributed by atoms with Crippen molar-refractivity contribution >= 4 is 28.6 Å². The summed E-state index contributed by atoms with van der Waals surface area (Å²) in [6.45, 7) is 5.02. The number of hydrogen-bond acceptors (Lipinski definition) is 3.